The maximum atomic E-state index is 9.68. The largest absolute Gasteiger partial charge is 0.377 e. The number of anilines is 1. The van der Waals surface area contributed by atoms with Gasteiger partial charge in [-0.05, 0) is 48.4 Å². The summed E-state index contributed by atoms with van der Waals surface area (Å²) in [5, 5.41) is 14.5. The second kappa shape index (κ2) is 5.70. The van der Waals surface area contributed by atoms with Gasteiger partial charge in [0.15, 0.2) is 3.83 Å². The molecular weight excluding hydrogens is 520 g/mol. The first-order valence-electron chi connectivity index (χ1n) is 7.57. The number of imidazole rings is 1. The van der Waals surface area contributed by atoms with E-state index in [-0.39, 0.29) is 11.5 Å². The summed E-state index contributed by atoms with van der Waals surface area (Å²) < 4.78 is 9.18. The number of nitrogens with zero attached hydrogens (tertiary/aromatic N) is 5. The summed E-state index contributed by atoms with van der Waals surface area (Å²) in [4.78, 5) is 6.82. The number of fused-ring (bicyclic) bond motifs is 1. The molecule has 0 amide bonds. The third kappa shape index (κ3) is 2.51. The van der Waals surface area contributed by atoms with Gasteiger partial charge in [-0.25, -0.2) is 9.50 Å². The lowest BCUT2D eigenvalue weighted by Gasteiger charge is -2.34. The summed E-state index contributed by atoms with van der Waals surface area (Å²) in [5.74, 6) is 0.913. The van der Waals surface area contributed by atoms with E-state index in [1.54, 1.807) is 0 Å². The van der Waals surface area contributed by atoms with Gasteiger partial charge in [-0.2, -0.15) is 5.26 Å². The van der Waals surface area contributed by atoms with Crippen LogP contribution >= 0.6 is 45.2 Å². The normalized spacial score (nSPS) is 23.0. The van der Waals surface area contributed by atoms with Gasteiger partial charge in [0.05, 0.1) is 30.7 Å². The van der Waals surface area contributed by atoms with E-state index >= 15 is 0 Å². The molecule has 1 aliphatic heterocycles. The molecule has 0 N–H and O–H groups in total. The standard InChI is InChI=1S/C15H15I2N5O/c1-9-7-23-5-4-21(9)11-6-10(15(8-18)2-3-15)12-13(16)19-14(17)22(12)20-11/h6,9H,2-5,7H2,1H3/t9-/m1/s1. The van der Waals surface area contributed by atoms with Crippen molar-refractivity contribution in [1.29, 1.82) is 5.26 Å². The van der Waals surface area contributed by atoms with Crippen LogP contribution < -0.4 is 4.90 Å². The first-order valence-corrected chi connectivity index (χ1v) is 9.72. The van der Waals surface area contributed by atoms with Crippen LogP contribution in [0.2, 0.25) is 0 Å². The van der Waals surface area contributed by atoms with Gasteiger partial charge >= 0.3 is 0 Å². The highest BCUT2D eigenvalue weighted by Crippen LogP contribution is 2.50. The number of aromatic nitrogens is 3. The van der Waals surface area contributed by atoms with Crippen molar-refractivity contribution in [2.45, 2.75) is 31.2 Å². The highest BCUT2D eigenvalue weighted by atomic mass is 127. The molecule has 8 heteroatoms. The van der Waals surface area contributed by atoms with Gasteiger partial charge in [-0.15, -0.1) is 5.10 Å². The number of rotatable bonds is 2. The van der Waals surface area contributed by atoms with E-state index in [0.717, 1.165) is 43.8 Å². The lowest BCUT2D eigenvalue weighted by Crippen LogP contribution is -2.44. The third-order valence-corrected chi connectivity index (χ3v) is 6.10. The van der Waals surface area contributed by atoms with E-state index < -0.39 is 0 Å². The minimum absolute atomic E-state index is 0.277. The molecule has 6 nitrogen and oxygen atoms in total. The predicted molar refractivity (Wildman–Crippen MR) is 103 cm³/mol. The van der Waals surface area contributed by atoms with E-state index in [9.17, 15) is 5.26 Å². The van der Waals surface area contributed by atoms with Crippen LogP contribution in [-0.2, 0) is 10.2 Å². The molecule has 0 spiro atoms. The van der Waals surface area contributed by atoms with Crippen molar-refractivity contribution >= 4 is 56.5 Å². The number of halogens is 2. The van der Waals surface area contributed by atoms with Crippen LogP contribution in [0.15, 0.2) is 6.07 Å². The average Bonchev–Trinajstić information content (AvgIpc) is 3.29. The van der Waals surface area contributed by atoms with Crippen molar-refractivity contribution in [3.05, 3.63) is 19.2 Å². The van der Waals surface area contributed by atoms with Crippen molar-refractivity contribution in [2.24, 2.45) is 0 Å². The van der Waals surface area contributed by atoms with E-state index in [0.29, 0.717) is 13.2 Å². The lowest BCUT2D eigenvalue weighted by molar-refractivity contribution is 0.0984. The van der Waals surface area contributed by atoms with Gasteiger partial charge in [0, 0.05) is 34.7 Å². The van der Waals surface area contributed by atoms with Crippen LogP contribution in [0.3, 0.4) is 0 Å². The van der Waals surface area contributed by atoms with E-state index in [4.69, 9.17) is 9.84 Å². The number of hydrogen-bond donors (Lipinski definition) is 0. The second-order valence-electron chi connectivity index (χ2n) is 6.16. The average molecular weight is 535 g/mol. The zero-order chi connectivity index (χ0) is 16.2. The monoisotopic (exact) mass is 535 g/mol. The lowest BCUT2D eigenvalue weighted by atomic mass is 9.98. The summed E-state index contributed by atoms with van der Waals surface area (Å²) >= 11 is 4.45. The second-order valence-corrected chi connectivity index (χ2v) is 8.15. The maximum absolute atomic E-state index is 9.68. The molecule has 1 saturated carbocycles. The van der Waals surface area contributed by atoms with Crippen LogP contribution in [0.5, 0.6) is 0 Å². The summed E-state index contributed by atoms with van der Waals surface area (Å²) in [6, 6.07) is 4.90. The van der Waals surface area contributed by atoms with Gasteiger partial charge in [0.2, 0.25) is 0 Å². The van der Waals surface area contributed by atoms with Gasteiger partial charge in [-0.3, -0.25) is 0 Å². The molecule has 0 aromatic carbocycles. The molecule has 1 atom stereocenters. The summed E-state index contributed by atoms with van der Waals surface area (Å²) in [6.45, 7) is 4.38. The Hall–Kier alpha value is -0.670. The van der Waals surface area contributed by atoms with Crippen LogP contribution in [0.25, 0.3) is 5.52 Å². The topological polar surface area (TPSA) is 66.5 Å². The fourth-order valence-corrected chi connectivity index (χ4v) is 4.94. The molecule has 2 aromatic heterocycles. The van der Waals surface area contributed by atoms with Crippen molar-refractivity contribution in [1.82, 2.24) is 14.6 Å². The molecule has 2 fully saturated rings. The minimum Gasteiger partial charge on any atom is -0.377 e. The van der Waals surface area contributed by atoms with Crippen LogP contribution in [0.4, 0.5) is 5.82 Å². The Morgan fingerprint density at radius 1 is 1.43 bits per heavy atom. The fraction of sp³-hybridized carbons (Fsp3) is 0.533. The van der Waals surface area contributed by atoms with Crippen LogP contribution in [-0.4, -0.2) is 40.4 Å². The quantitative estimate of drug-likeness (QED) is 0.554. The van der Waals surface area contributed by atoms with Crippen molar-refractivity contribution in [3.8, 4) is 6.07 Å². The smallest absolute Gasteiger partial charge is 0.193 e. The SMILES string of the molecule is C[C@@H]1COCCN1c1cc(C2(C#N)CC2)c2c(I)nc(I)n2n1. The first kappa shape index (κ1) is 15.8. The molecule has 3 heterocycles. The van der Waals surface area contributed by atoms with E-state index in [2.05, 4.69) is 74.1 Å². The molecule has 2 aliphatic rings. The minimum atomic E-state index is -0.364. The fourth-order valence-electron chi connectivity index (χ4n) is 3.15. The molecule has 1 aliphatic carbocycles. The third-order valence-electron chi connectivity index (χ3n) is 4.64. The molecule has 0 bridgehead atoms. The molecule has 120 valence electrons. The predicted octanol–water partition coefficient (Wildman–Crippen LogP) is 2.72. The molecule has 23 heavy (non-hydrogen) atoms. The van der Waals surface area contributed by atoms with Crippen molar-refractivity contribution < 1.29 is 4.74 Å². The number of ether oxygens (including phenoxy) is 1. The van der Waals surface area contributed by atoms with Crippen LogP contribution in [0, 0.1) is 18.9 Å². The highest BCUT2D eigenvalue weighted by Gasteiger charge is 2.47. The Labute approximate surface area is 161 Å². The summed E-state index contributed by atoms with van der Waals surface area (Å²) in [7, 11) is 0. The zero-order valence-electron chi connectivity index (χ0n) is 12.6. The Bertz CT molecular complexity index is 823. The Kier molecular flexibility index (Phi) is 3.92. The summed E-state index contributed by atoms with van der Waals surface area (Å²) in [6.07, 6.45) is 1.83. The first-order chi connectivity index (χ1) is 11.1. The molecular formula is C15H15I2N5O. The highest BCUT2D eigenvalue weighted by molar-refractivity contribution is 14.1. The molecule has 2 aromatic rings. The molecule has 4 rings (SSSR count). The zero-order valence-corrected chi connectivity index (χ0v) is 16.9. The van der Waals surface area contributed by atoms with Crippen molar-refractivity contribution in [3.63, 3.8) is 0 Å². The molecule has 1 saturated heterocycles. The molecule has 0 unspecified atom stereocenters. The Morgan fingerprint density at radius 3 is 2.87 bits per heavy atom. The molecule has 0 radical (unpaired) electrons. The Balaban J connectivity index is 1.94. The maximum Gasteiger partial charge on any atom is 0.193 e. The number of morpholine rings is 1. The van der Waals surface area contributed by atoms with E-state index in [1.807, 2.05) is 4.52 Å². The van der Waals surface area contributed by atoms with Gasteiger partial charge in [0.1, 0.15) is 15.0 Å². The van der Waals surface area contributed by atoms with Gasteiger partial charge < -0.3 is 9.64 Å². The Morgan fingerprint density at radius 2 is 2.22 bits per heavy atom. The summed E-state index contributed by atoms with van der Waals surface area (Å²) in [5.41, 5.74) is 1.69. The van der Waals surface area contributed by atoms with Crippen molar-refractivity contribution in [2.75, 3.05) is 24.7 Å². The van der Waals surface area contributed by atoms with E-state index in [1.165, 1.54) is 0 Å². The van der Waals surface area contributed by atoms with Crippen LogP contribution in [0.1, 0.15) is 25.3 Å². The van der Waals surface area contributed by atoms with Gasteiger partial charge in [0.25, 0.3) is 0 Å². The number of hydrogen-bond acceptors (Lipinski definition) is 5. The number of nitriles is 1. The van der Waals surface area contributed by atoms with Gasteiger partial charge in [-0.1, -0.05) is 0 Å².